The van der Waals surface area contributed by atoms with Crippen LogP contribution in [0.3, 0.4) is 0 Å². The Balaban J connectivity index is 1.98. The first kappa shape index (κ1) is 12.6. The summed E-state index contributed by atoms with van der Waals surface area (Å²) in [6, 6.07) is 3.63. The summed E-state index contributed by atoms with van der Waals surface area (Å²) in [4.78, 5) is 0. The number of nitrogens with one attached hydrogen (secondary N) is 1. The van der Waals surface area contributed by atoms with E-state index in [1.165, 1.54) is 0 Å². The summed E-state index contributed by atoms with van der Waals surface area (Å²) in [5.41, 5.74) is 0. The zero-order valence-corrected chi connectivity index (χ0v) is 9.60. The van der Waals surface area contributed by atoms with Gasteiger partial charge in [0.15, 0.2) is 4.67 Å². The molecule has 1 rings (SSSR count). The van der Waals surface area contributed by atoms with Crippen molar-refractivity contribution >= 4 is 15.9 Å². The van der Waals surface area contributed by atoms with E-state index in [9.17, 15) is 8.78 Å². The highest BCUT2D eigenvalue weighted by Crippen LogP contribution is 2.13. The van der Waals surface area contributed by atoms with Crippen LogP contribution in [0.2, 0.25) is 0 Å². The fourth-order valence-corrected chi connectivity index (χ4v) is 1.32. The lowest BCUT2D eigenvalue weighted by atomic mass is 10.4. The van der Waals surface area contributed by atoms with Gasteiger partial charge in [-0.15, -0.1) is 0 Å². The number of rotatable bonds is 7. The minimum absolute atomic E-state index is 0.270. The third-order valence-corrected chi connectivity index (χ3v) is 2.02. The SMILES string of the molecule is FC(F)COCCNCc1ccc(Br)o1. The summed E-state index contributed by atoms with van der Waals surface area (Å²) in [5.74, 6) is 0.788. The molecule has 0 aliphatic carbocycles. The van der Waals surface area contributed by atoms with Gasteiger partial charge >= 0.3 is 0 Å². The van der Waals surface area contributed by atoms with E-state index in [0.29, 0.717) is 17.8 Å². The molecule has 15 heavy (non-hydrogen) atoms. The second kappa shape index (κ2) is 6.92. The minimum atomic E-state index is -2.40. The Bertz CT molecular complexity index is 281. The number of alkyl halides is 2. The van der Waals surface area contributed by atoms with Crippen LogP contribution in [0.5, 0.6) is 0 Å². The highest BCUT2D eigenvalue weighted by Gasteiger charge is 2.01. The summed E-state index contributed by atoms with van der Waals surface area (Å²) < 4.78 is 33.9. The Labute approximate surface area is 94.9 Å². The van der Waals surface area contributed by atoms with E-state index in [4.69, 9.17) is 4.42 Å². The molecule has 0 atom stereocenters. The van der Waals surface area contributed by atoms with Crippen LogP contribution in [0.4, 0.5) is 8.78 Å². The van der Waals surface area contributed by atoms with Crippen LogP contribution >= 0.6 is 15.9 Å². The first-order chi connectivity index (χ1) is 7.18. The summed E-state index contributed by atoms with van der Waals surface area (Å²) in [6.07, 6.45) is -2.40. The van der Waals surface area contributed by atoms with E-state index in [2.05, 4.69) is 26.0 Å². The molecule has 0 unspecified atom stereocenters. The van der Waals surface area contributed by atoms with Crippen molar-refractivity contribution in [3.63, 3.8) is 0 Å². The molecule has 1 heterocycles. The number of furan rings is 1. The lowest BCUT2D eigenvalue weighted by Crippen LogP contribution is -2.20. The topological polar surface area (TPSA) is 34.4 Å². The molecule has 0 fully saturated rings. The normalized spacial score (nSPS) is 11.2. The molecule has 0 aromatic carbocycles. The summed E-state index contributed by atoms with van der Waals surface area (Å²) in [6.45, 7) is 0.842. The maximum Gasteiger partial charge on any atom is 0.261 e. The van der Waals surface area contributed by atoms with Gasteiger partial charge in [-0.05, 0) is 28.1 Å². The molecule has 0 spiro atoms. The number of ether oxygens (including phenoxy) is 1. The standard InChI is InChI=1S/C9H12BrF2NO2/c10-8-2-1-7(15-8)5-13-3-4-14-6-9(11)12/h1-2,9,13H,3-6H2. The van der Waals surface area contributed by atoms with Crippen LogP contribution < -0.4 is 5.32 Å². The summed E-state index contributed by atoms with van der Waals surface area (Å²) in [7, 11) is 0. The van der Waals surface area contributed by atoms with Crippen molar-refractivity contribution in [2.24, 2.45) is 0 Å². The van der Waals surface area contributed by atoms with Crippen molar-refractivity contribution in [3.8, 4) is 0 Å². The number of halogens is 3. The molecule has 0 aliphatic rings. The van der Waals surface area contributed by atoms with Crippen molar-refractivity contribution in [2.45, 2.75) is 13.0 Å². The lowest BCUT2D eigenvalue weighted by molar-refractivity contribution is 0.0186. The van der Waals surface area contributed by atoms with Crippen LogP contribution in [-0.2, 0) is 11.3 Å². The van der Waals surface area contributed by atoms with E-state index in [1.54, 1.807) is 6.07 Å². The van der Waals surface area contributed by atoms with E-state index in [1.807, 2.05) is 6.07 Å². The van der Waals surface area contributed by atoms with Gasteiger partial charge in [-0.3, -0.25) is 0 Å². The lowest BCUT2D eigenvalue weighted by Gasteiger charge is -2.04. The van der Waals surface area contributed by atoms with Gasteiger partial charge in [0, 0.05) is 6.54 Å². The molecule has 86 valence electrons. The van der Waals surface area contributed by atoms with Crippen LogP contribution in [0.1, 0.15) is 5.76 Å². The smallest absolute Gasteiger partial charge is 0.261 e. The predicted molar refractivity (Wildman–Crippen MR) is 54.9 cm³/mol. The maximum atomic E-state index is 11.6. The molecular weight excluding hydrogens is 272 g/mol. The molecule has 0 bridgehead atoms. The number of hydrogen-bond donors (Lipinski definition) is 1. The van der Waals surface area contributed by atoms with Gasteiger partial charge in [-0.25, -0.2) is 8.78 Å². The fraction of sp³-hybridized carbons (Fsp3) is 0.556. The molecule has 1 N–H and O–H groups in total. The van der Waals surface area contributed by atoms with Gasteiger partial charge in [0.1, 0.15) is 12.4 Å². The van der Waals surface area contributed by atoms with Gasteiger partial charge in [0.2, 0.25) is 0 Å². The summed E-state index contributed by atoms with van der Waals surface area (Å²) in [5, 5.41) is 3.00. The molecule has 0 aliphatic heterocycles. The molecule has 6 heteroatoms. The van der Waals surface area contributed by atoms with Crippen LogP contribution in [0.25, 0.3) is 0 Å². The molecule has 1 aromatic heterocycles. The third-order valence-electron chi connectivity index (χ3n) is 1.60. The minimum Gasteiger partial charge on any atom is -0.453 e. The Morgan fingerprint density at radius 1 is 1.47 bits per heavy atom. The number of hydrogen-bond acceptors (Lipinski definition) is 3. The van der Waals surface area contributed by atoms with E-state index < -0.39 is 13.0 Å². The van der Waals surface area contributed by atoms with Gasteiger partial charge in [-0.2, -0.15) is 0 Å². The molecule has 0 saturated carbocycles. The molecule has 0 saturated heterocycles. The van der Waals surface area contributed by atoms with E-state index in [0.717, 1.165) is 5.76 Å². The zero-order valence-electron chi connectivity index (χ0n) is 8.01. The second-order valence-electron chi connectivity index (χ2n) is 2.85. The third kappa shape index (κ3) is 5.86. The Morgan fingerprint density at radius 3 is 2.87 bits per heavy atom. The quantitative estimate of drug-likeness (QED) is 0.781. The van der Waals surface area contributed by atoms with Crippen molar-refractivity contribution in [1.82, 2.24) is 5.32 Å². The van der Waals surface area contributed by atoms with Gasteiger partial charge in [0.05, 0.1) is 13.2 Å². The zero-order chi connectivity index (χ0) is 11.1. The van der Waals surface area contributed by atoms with Crippen molar-refractivity contribution in [2.75, 3.05) is 19.8 Å². The molecule has 0 radical (unpaired) electrons. The van der Waals surface area contributed by atoms with Crippen molar-refractivity contribution in [3.05, 3.63) is 22.6 Å². The van der Waals surface area contributed by atoms with Gasteiger partial charge in [-0.1, -0.05) is 0 Å². The summed E-state index contributed by atoms with van der Waals surface area (Å²) >= 11 is 3.18. The fourth-order valence-electron chi connectivity index (χ4n) is 0.975. The largest absolute Gasteiger partial charge is 0.453 e. The van der Waals surface area contributed by atoms with Crippen LogP contribution in [0.15, 0.2) is 21.2 Å². The monoisotopic (exact) mass is 283 g/mol. The maximum absolute atomic E-state index is 11.6. The van der Waals surface area contributed by atoms with Gasteiger partial charge < -0.3 is 14.5 Å². The van der Waals surface area contributed by atoms with Crippen molar-refractivity contribution in [1.29, 1.82) is 0 Å². The molecule has 1 aromatic rings. The van der Waals surface area contributed by atoms with Crippen LogP contribution in [0, 0.1) is 0 Å². The molecule has 0 amide bonds. The van der Waals surface area contributed by atoms with Crippen molar-refractivity contribution < 1.29 is 17.9 Å². The Morgan fingerprint density at radius 2 is 2.27 bits per heavy atom. The highest BCUT2D eigenvalue weighted by molar-refractivity contribution is 9.10. The average molecular weight is 284 g/mol. The average Bonchev–Trinajstić information content (AvgIpc) is 2.57. The first-order valence-electron chi connectivity index (χ1n) is 4.49. The molecular formula is C9H12BrF2NO2. The van der Waals surface area contributed by atoms with Gasteiger partial charge in [0.25, 0.3) is 6.43 Å². The molecule has 3 nitrogen and oxygen atoms in total. The second-order valence-corrected chi connectivity index (χ2v) is 3.63. The highest BCUT2D eigenvalue weighted by atomic mass is 79.9. The Kier molecular flexibility index (Phi) is 5.82. The Hall–Kier alpha value is -0.460. The first-order valence-corrected chi connectivity index (χ1v) is 5.28. The van der Waals surface area contributed by atoms with Crippen LogP contribution in [-0.4, -0.2) is 26.2 Å². The van der Waals surface area contributed by atoms with E-state index in [-0.39, 0.29) is 6.61 Å². The van der Waals surface area contributed by atoms with E-state index >= 15 is 0 Å². The predicted octanol–water partition coefficient (Wildman–Crippen LogP) is 2.41.